The summed E-state index contributed by atoms with van der Waals surface area (Å²) >= 11 is 0. The summed E-state index contributed by atoms with van der Waals surface area (Å²) in [5.41, 5.74) is 0.518. The van der Waals surface area contributed by atoms with Crippen LogP contribution in [0, 0.1) is 16.7 Å². The maximum atomic E-state index is 6.15. The highest BCUT2D eigenvalue weighted by molar-refractivity contribution is 4.76. The quantitative estimate of drug-likeness (QED) is 0.615. The van der Waals surface area contributed by atoms with Gasteiger partial charge < -0.3 is 4.74 Å². The van der Waals surface area contributed by atoms with E-state index in [9.17, 15) is 0 Å². The summed E-state index contributed by atoms with van der Waals surface area (Å²) in [6.07, 6.45) is 4.17. The van der Waals surface area contributed by atoms with Crippen LogP contribution in [-0.4, -0.2) is 12.7 Å². The van der Waals surface area contributed by atoms with Crippen LogP contribution in [-0.2, 0) is 4.74 Å². The van der Waals surface area contributed by atoms with Gasteiger partial charge in [-0.05, 0) is 23.2 Å². The van der Waals surface area contributed by atoms with Crippen molar-refractivity contribution < 1.29 is 4.74 Å². The van der Waals surface area contributed by atoms with Gasteiger partial charge in [-0.3, -0.25) is 0 Å². The molecule has 0 aromatic heterocycles. The predicted molar refractivity (Wildman–Crippen MR) is 77.3 cm³/mol. The molecule has 1 heteroatoms. The van der Waals surface area contributed by atoms with Gasteiger partial charge in [-0.1, -0.05) is 68.2 Å². The minimum atomic E-state index is 0.252. The first-order valence-electron chi connectivity index (χ1n) is 7.14. The van der Waals surface area contributed by atoms with E-state index in [4.69, 9.17) is 4.74 Å². The van der Waals surface area contributed by atoms with E-state index in [1.165, 1.54) is 19.3 Å². The minimum Gasteiger partial charge on any atom is -0.377 e. The first-order chi connectivity index (χ1) is 7.52. The molecule has 0 aliphatic rings. The van der Waals surface area contributed by atoms with Crippen LogP contribution in [0.3, 0.4) is 0 Å². The Morgan fingerprint density at radius 1 is 0.882 bits per heavy atom. The standard InChI is InChI=1S/C16H34O/c1-13(2)10-9-11-14(16(6,7)8)17-12-15(3,4)5/h13-14H,9-12H2,1-8H3. The molecule has 0 N–H and O–H groups in total. The summed E-state index contributed by atoms with van der Waals surface area (Å²) in [6, 6.07) is 0. The van der Waals surface area contributed by atoms with E-state index in [-0.39, 0.29) is 10.8 Å². The van der Waals surface area contributed by atoms with Gasteiger partial charge in [0.1, 0.15) is 0 Å². The van der Waals surface area contributed by atoms with E-state index in [1.807, 2.05) is 0 Å². The van der Waals surface area contributed by atoms with Gasteiger partial charge in [0, 0.05) is 0 Å². The third-order valence-electron chi connectivity index (χ3n) is 2.93. The molecule has 0 radical (unpaired) electrons. The van der Waals surface area contributed by atoms with Crippen molar-refractivity contribution in [2.75, 3.05) is 6.61 Å². The van der Waals surface area contributed by atoms with E-state index in [2.05, 4.69) is 55.4 Å². The monoisotopic (exact) mass is 242 g/mol. The van der Waals surface area contributed by atoms with Crippen molar-refractivity contribution in [1.82, 2.24) is 0 Å². The lowest BCUT2D eigenvalue weighted by atomic mass is 9.85. The molecule has 0 rings (SSSR count). The van der Waals surface area contributed by atoms with Crippen molar-refractivity contribution in [3.8, 4) is 0 Å². The Labute approximate surface area is 109 Å². The molecular formula is C16H34O. The molecule has 0 saturated carbocycles. The van der Waals surface area contributed by atoms with E-state index in [0.29, 0.717) is 6.10 Å². The average molecular weight is 242 g/mol. The van der Waals surface area contributed by atoms with E-state index >= 15 is 0 Å². The van der Waals surface area contributed by atoms with Gasteiger partial charge in [0.15, 0.2) is 0 Å². The Bertz CT molecular complexity index is 193. The van der Waals surface area contributed by atoms with Crippen molar-refractivity contribution >= 4 is 0 Å². The van der Waals surface area contributed by atoms with E-state index in [0.717, 1.165) is 12.5 Å². The molecule has 0 heterocycles. The lowest BCUT2D eigenvalue weighted by Gasteiger charge is -2.33. The highest BCUT2D eigenvalue weighted by Gasteiger charge is 2.26. The van der Waals surface area contributed by atoms with Gasteiger partial charge in [-0.25, -0.2) is 0 Å². The van der Waals surface area contributed by atoms with Crippen LogP contribution in [0.2, 0.25) is 0 Å². The molecule has 1 nitrogen and oxygen atoms in total. The third-order valence-corrected chi connectivity index (χ3v) is 2.93. The minimum absolute atomic E-state index is 0.252. The Morgan fingerprint density at radius 3 is 1.76 bits per heavy atom. The van der Waals surface area contributed by atoms with Crippen LogP contribution < -0.4 is 0 Å². The molecule has 0 aromatic rings. The van der Waals surface area contributed by atoms with Crippen LogP contribution in [0.15, 0.2) is 0 Å². The van der Waals surface area contributed by atoms with Crippen molar-refractivity contribution in [2.24, 2.45) is 16.7 Å². The lowest BCUT2D eigenvalue weighted by molar-refractivity contribution is -0.0525. The summed E-state index contributed by atoms with van der Waals surface area (Å²) in [4.78, 5) is 0. The van der Waals surface area contributed by atoms with Crippen LogP contribution in [0.1, 0.15) is 74.7 Å². The fourth-order valence-corrected chi connectivity index (χ4v) is 1.83. The summed E-state index contributed by atoms with van der Waals surface area (Å²) in [7, 11) is 0. The Balaban J connectivity index is 4.17. The van der Waals surface area contributed by atoms with Gasteiger partial charge >= 0.3 is 0 Å². The van der Waals surface area contributed by atoms with E-state index < -0.39 is 0 Å². The summed E-state index contributed by atoms with van der Waals surface area (Å²) in [5.74, 6) is 0.804. The second kappa shape index (κ2) is 6.78. The second-order valence-electron chi connectivity index (χ2n) is 8.05. The molecule has 0 aliphatic carbocycles. The van der Waals surface area contributed by atoms with Crippen LogP contribution in [0.4, 0.5) is 0 Å². The van der Waals surface area contributed by atoms with Crippen molar-refractivity contribution in [3.63, 3.8) is 0 Å². The third kappa shape index (κ3) is 9.64. The second-order valence-corrected chi connectivity index (χ2v) is 8.05. The fourth-order valence-electron chi connectivity index (χ4n) is 1.83. The Kier molecular flexibility index (Phi) is 6.76. The van der Waals surface area contributed by atoms with Gasteiger partial charge in [0.2, 0.25) is 0 Å². The molecular weight excluding hydrogens is 208 g/mol. The number of rotatable bonds is 6. The predicted octanol–water partition coefficient (Wildman–Crippen LogP) is 5.29. The summed E-state index contributed by atoms with van der Waals surface area (Å²) in [5, 5.41) is 0. The van der Waals surface area contributed by atoms with Crippen molar-refractivity contribution in [1.29, 1.82) is 0 Å². The molecule has 1 unspecified atom stereocenters. The van der Waals surface area contributed by atoms with Crippen molar-refractivity contribution in [3.05, 3.63) is 0 Å². The van der Waals surface area contributed by atoms with Gasteiger partial charge in [0.25, 0.3) is 0 Å². The molecule has 0 saturated heterocycles. The largest absolute Gasteiger partial charge is 0.377 e. The summed E-state index contributed by atoms with van der Waals surface area (Å²) < 4.78 is 6.15. The van der Waals surface area contributed by atoms with Gasteiger partial charge in [-0.15, -0.1) is 0 Å². The van der Waals surface area contributed by atoms with Crippen LogP contribution in [0.25, 0.3) is 0 Å². The van der Waals surface area contributed by atoms with Crippen molar-refractivity contribution in [2.45, 2.75) is 80.8 Å². The van der Waals surface area contributed by atoms with Crippen LogP contribution in [0.5, 0.6) is 0 Å². The maximum absolute atomic E-state index is 6.15. The normalized spacial score (nSPS) is 15.4. The lowest BCUT2D eigenvalue weighted by Crippen LogP contribution is -2.32. The van der Waals surface area contributed by atoms with Crippen LogP contribution >= 0.6 is 0 Å². The zero-order valence-corrected chi connectivity index (χ0v) is 13.4. The average Bonchev–Trinajstić information content (AvgIpc) is 2.06. The zero-order valence-electron chi connectivity index (χ0n) is 13.4. The molecule has 0 aromatic carbocycles. The molecule has 104 valence electrons. The van der Waals surface area contributed by atoms with Gasteiger partial charge in [0.05, 0.1) is 12.7 Å². The van der Waals surface area contributed by atoms with Gasteiger partial charge in [-0.2, -0.15) is 0 Å². The highest BCUT2D eigenvalue weighted by Crippen LogP contribution is 2.29. The number of ether oxygens (including phenoxy) is 1. The molecule has 0 spiro atoms. The molecule has 1 atom stereocenters. The summed E-state index contributed by atoms with van der Waals surface area (Å²) in [6.45, 7) is 19.0. The molecule has 17 heavy (non-hydrogen) atoms. The number of hydrogen-bond donors (Lipinski definition) is 0. The molecule has 0 aliphatic heterocycles. The highest BCUT2D eigenvalue weighted by atomic mass is 16.5. The number of hydrogen-bond acceptors (Lipinski definition) is 1. The molecule has 0 fully saturated rings. The molecule has 0 bridgehead atoms. The zero-order chi connectivity index (χ0) is 13.7. The maximum Gasteiger partial charge on any atom is 0.0623 e. The molecule has 0 amide bonds. The fraction of sp³-hybridized carbons (Fsp3) is 1.00. The first kappa shape index (κ1) is 17.0. The first-order valence-corrected chi connectivity index (χ1v) is 7.14. The smallest absolute Gasteiger partial charge is 0.0623 e. The Morgan fingerprint density at radius 2 is 1.41 bits per heavy atom. The topological polar surface area (TPSA) is 9.23 Å². The van der Waals surface area contributed by atoms with E-state index in [1.54, 1.807) is 0 Å². The Hall–Kier alpha value is -0.0400. The SMILES string of the molecule is CC(C)CCCC(OCC(C)(C)C)C(C)(C)C.